The van der Waals surface area contributed by atoms with Crippen molar-refractivity contribution in [3.8, 4) is 12.3 Å². The van der Waals surface area contributed by atoms with Crippen LogP contribution in [0.3, 0.4) is 0 Å². The molecule has 0 aromatic heterocycles. The highest BCUT2D eigenvalue weighted by Gasteiger charge is 2.02. The van der Waals surface area contributed by atoms with E-state index in [1.807, 2.05) is 26.0 Å². The number of amidine groups is 1. The molecule has 0 aliphatic heterocycles. The average Bonchev–Trinajstić information content (AvgIpc) is 2.51. The Labute approximate surface area is 132 Å². The maximum absolute atomic E-state index is 11.2. The molecule has 0 saturated heterocycles. The Morgan fingerprint density at radius 1 is 1.32 bits per heavy atom. The number of aliphatic imine (C=N–C) groups is 1. The van der Waals surface area contributed by atoms with Crippen LogP contribution in [0.2, 0.25) is 0 Å². The molecule has 0 aliphatic rings. The molecular formula is C18H21N3O. The molecule has 2 N–H and O–H groups in total. The summed E-state index contributed by atoms with van der Waals surface area (Å²) in [6.45, 7) is 9.43. The van der Waals surface area contributed by atoms with Crippen LogP contribution in [0, 0.1) is 12.3 Å². The first kappa shape index (κ1) is 17.3. The number of terminal acetylenes is 1. The number of allylic oxidation sites excluding steroid dienone is 2. The van der Waals surface area contributed by atoms with Gasteiger partial charge in [-0.3, -0.25) is 4.79 Å². The molecule has 4 heteroatoms. The SMILES string of the molecule is C#CCNC(/N=C(\C)Nc1ccc(C(C)=O)cc1)=C(\C)C=C. The number of nitrogens with zero attached hydrogens (tertiary/aromatic N) is 1. The van der Waals surface area contributed by atoms with Crippen LogP contribution < -0.4 is 10.6 Å². The highest BCUT2D eigenvalue weighted by atomic mass is 16.1. The molecule has 0 atom stereocenters. The van der Waals surface area contributed by atoms with Gasteiger partial charge < -0.3 is 10.6 Å². The fourth-order valence-corrected chi connectivity index (χ4v) is 1.69. The lowest BCUT2D eigenvalue weighted by atomic mass is 10.1. The van der Waals surface area contributed by atoms with Gasteiger partial charge in [0.2, 0.25) is 0 Å². The van der Waals surface area contributed by atoms with Crippen molar-refractivity contribution in [3.05, 3.63) is 53.9 Å². The van der Waals surface area contributed by atoms with Gasteiger partial charge >= 0.3 is 0 Å². The molecule has 1 aromatic carbocycles. The molecule has 0 unspecified atom stereocenters. The summed E-state index contributed by atoms with van der Waals surface area (Å²) < 4.78 is 0. The van der Waals surface area contributed by atoms with Gasteiger partial charge in [-0.25, -0.2) is 4.99 Å². The third-order valence-electron chi connectivity index (χ3n) is 2.93. The number of carbonyl (C=O) groups is 1. The van der Waals surface area contributed by atoms with Crippen LogP contribution in [0.1, 0.15) is 31.1 Å². The van der Waals surface area contributed by atoms with E-state index in [0.717, 1.165) is 11.3 Å². The van der Waals surface area contributed by atoms with Crippen LogP contribution in [-0.2, 0) is 0 Å². The minimum atomic E-state index is 0.0438. The van der Waals surface area contributed by atoms with Gasteiger partial charge in [0.05, 0.1) is 6.54 Å². The third kappa shape index (κ3) is 5.29. The van der Waals surface area contributed by atoms with Crippen LogP contribution in [0.4, 0.5) is 5.69 Å². The third-order valence-corrected chi connectivity index (χ3v) is 2.93. The summed E-state index contributed by atoms with van der Waals surface area (Å²) in [5.41, 5.74) is 2.45. The van der Waals surface area contributed by atoms with E-state index in [9.17, 15) is 4.79 Å². The Morgan fingerprint density at radius 2 is 1.95 bits per heavy atom. The predicted molar refractivity (Wildman–Crippen MR) is 92.9 cm³/mol. The Morgan fingerprint density at radius 3 is 2.45 bits per heavy atom. The molecule has 1 aromatic rings. The van der Waals surface area contributed by atoms with Crippen molar-refractivity contribution in [2.45, 2.75) is 20.8 Å². The second kappa shape index (κ2) is 8.48. The maximum Gasteiger partial charge on any atom is 0.159 e. The number of Topliss-reactive ketones (excluding diaryl/α,β-unsaturated/α-hetero) is 1. The van der Waals surface area contributed by atoms with Crippen molar-refractivity contribution in [3.63, 3.8) is 0 Å². The number of nitrogens with one attached hydrogen (secondary N) is 2. The van der Waals surface area contributed by atoms with Gasteiger partial charge in [-0.1, -0.05) is 18.6 Å². The van der Waals surface area contributed by atoms with Crippen LogP contribution >= 0.6 is 0 Å². The highest BCUT2D eigenvalue weighted by molar-refractivity contribution is 5.96. The van der Waals surface area contributed by atoms with Gasteiger partial charge in [-0.05, 0) is 50.6 Å². The zero-order chi connectivity index (χ0) is 16.5. The second-order valence-corrected chi connectivity index (χ2v) is 4.75. The molecule has 0 amide bonds. The second-order valence-electron chi connectivity index (χ2n) is 4.75. The van der Waals surface area contributed by atoms with E-state index in [1.54, 1.807) is 25.1 Å². The minimum Gasteiger partial charge on any atom is -0.359 e. The molecule has 0 bridgehead atoms. The smallest absolute Gasteiger partial charge is 0.159 e. The van der Waals surface area contributed by atoms with Crippen LogP contribution in [-0.4, -0.2) is 18.2 Å². The van der Waals surface area contributed by atoms with Crippen molar-refractivity contribution in [1.82, 2.24) is 5.32 Å². The number of anilines is 1. The summed E-state index contributed by atoms with van der Waals surface area (Å²) in [5.74, 6) is 3.94. The lowest BCUT2D eigenvalue weighted by Gasteiger charge is -2.10. The summed E-state index contributed by atoms with van der Waals surface area (Å²) in [4.78, 5) is 15.7. The molecule has 114 valence electrons. The largest absolute Gasteiger partial charge is 0.359 e. The Hall–Kier alpha value is -2.80. The fraction of sp³-hybridized carbons (Fsp3) is 0.222. The first-order valence-corrected chi connectivity index (χ1v) is 6.92. The molecule has 0 heterocycles. The number of carbonyl (C=O) groups excluding carboxylic acids is 1. The summed E-state index contributed by atoms with van der Waals surface area (Å²) in [7, 11) is 0. The first-order valence-electron chi connectivity index (χ1n) is 6.92. The van der Waals surface area contributed by atoms with Crippen molar-refractivity contribution >= 4 is 17.3 Å². The minimum absolute atomic E-state index is 0.0438. The van der Waals surface area contributed by atoms with Gasteiger partial charge in [-0.15, -0.1) is 6.42 Å². The van der Waals surface area contributed by atoms with E-state index < -0.39 is 0 Å². The fourth-order valence-electron chi connectivity index (χ4n) is 1.69. The molecular weight excluding hydrogens is 274 g/mol. The standard InChI is InChI=1S/C18H21N3O/c1-6-12-19-18(13(3)7-2)21-15(5)20-17-10-8-16(9-11-17)14(4)22/h1,7-11,19H,2,12H2,3-5H3,(H,20,21)/b18-13-. The molecule has 22 heavy (non-hydrogen) atoms. The zero-order valence-corrected chi connectivity index (χ0v) is 13.2. The molecule has 0 spiro atoms. The summed E-state index contributed by atoms with van der Waals surface area (Å²) >= 11 is 0. The van der Waals surface area contributed by atoms with E-state index in [0.29, 0.717) is 23.8 Å². The van der Waals surface area contributed by atoms with Crippen molar-refractivity contribution in [2.24, 2.45) is 4.99 Å². The van der Waals surface area contributed by atoms with Crippen LogP contribution in [0.25, 0.3) is 0 Å². The summed E-state index contributed by atoms with van der Waals surface area (Å²) in [6.07, 6.45) is 6.98. The molecule has 0 fully saturated rings. The van der Waals surface area contributed by atoms with E-state index in [4.69, 9.17) is 6.42 Å². The molecule has 4 nitrogen and oxygen atoms in total. The molecule has 1 rings (SSSR count). The van der Waals surface area contributed by atoms with Crippen molar-refractivity contribution in [1.29, 1.82) is 0 Å². The van der Waals surface area contributed by atoms with E-state index in [1.165, 1.54) is 0 Å². The predicted octanol–water partition coefficient (Wildman–Crippen LogP) is 3.36. The van der Waals surface area contributed by atoms with Crippen molar-refractivity contribution in [2.75, 3.05) is 11.9 Å². The van der Waals surface area contributed by atoms with Gasteiger partial charge in [0.1, 0.15) is 11.7 Å². The van der Waals surface area contributed by atoms with E-state index in [-0.39, 0.29) is 5.78 Å². The first-order chi connectivity index (χ1) is 10.5. The summed E-state index contributed by atoms with van der Waals surface area (Å²) in [5, 5.41) is 6.23. The average molecular weight is 295 g/mol. The molecule has 0 saturated carbocycles. The zero-order valence-electron chi connectivity index (χ0n) is 13.2. The number of ketones is 1. The molecule has 0 radical (unpaired) electrons. The lowest BCUT2D eigenvalue weighted by Crippen LogP contribution is -2.17. The Bertz CT molecular complexity index is 646. The topological polar surface area (TPSA) is 53.5 Å². The molecule has 0 aliphatic carbocycles. The monoisotopic (exact) mass is 295 g/mol. The maximum atomic E-state index is 11.2. The highest BCUT2D eigenvalue weighted by Crippen LogP contribution is 2.11. The Kier molecular flexibility index (Phi) is 6.65. The summed E-state index contributed by atoms with van der Waals surface area (Å²) in [6, 6.07) is 7.24. The Balaban J connectivity index is 2.89. The normalized spacial score (nSPS) is 12.0. The number of benzene rings is 1. The number of hydrogen-bond acceptors (Lipinski definition) is 3. The van der Waals surface area contributed by atoms with Crippen LogP contribution in [0.15, 0.2) is 53.3 Å². The quantitative estimate of drug-likeness (QED) is 0.278. The number of rotatable bonds is 6. The lowest BCUT2D eigenvalue weighted by molar-refractivity contribution is 0.101. The van der Waals surface area contributed by atoms with Gasteiger partial charge in [-0.2, -0.15) is 0 Å². The van der Waals surface area contributed by atoms with Crippen LogP contribution in [0.5, 0.6) is 0 Å². The number of hydrogen-bond donors (Lipinski definition) is 2. The van der Waals surface area contributed by atoms with Gasteiger partial charge in [0.25, 0.3) is 0 Å². The van der Waals surface area contributed by atoms with E-state index in [2.05, 4.69) is 28.1 Å². The van der Waals surface area contributed by atoms with Crippen molar-refractivity contribution < 1.29 is 4.79 Å². The van der Waals surface area contributed by atoms with E-state index >= 15 is 0 Å². The van der Waals surface area contributed by atoms with Gasteiger partial charge in [0, 0.05) is 11.3 Å². The van der Waals surface area contributed by atoms with Gasteiger partial charge in [0.15, 0.2) is 5.78 Å².